The molecule has 28 aromatic carbocycles. The van der Waals surface area contributed by atoms with Crippen LogP contribution in [0.4, 0.5) is 0 Å². The second-order valence-electron chi connectivity index (χ2n) is 26.1. The van der Waals surface area contributed by atoms with Crippen LogP contribution in [0.1, 0.15) is 40.9 Å². The Morgan fingerprint density at radius 1 is 0.370 bits per heavy atom. The smallest absolute Gasteiger partial charge is 0.334 e. The molecule has 0 saturated carbocycles. The fourth-order valence-corrected chi connectivity index (χ4v) is 25.9. The molecule has 0 bridgehead atoms. The maximum atomic E-state index is 15.7. The Labute approximate surface area is 397 Å². The maximum Gasteiger partial charge on any atom is 0.334 e. The number of hydrogen-bond acceptors (Lipinski definition) is 3. The molecule has 5 aliphatic carbocycles. The molecule has 1 heterocycles. The van der Waals surface area contributed by atoms with Gasteiger partial charge in [-0.05, 0) is 332 Å². The molecule has 3 nitrogen and oxygen atoms in total. The van der Waals surface area contributed by atoms with Crippen LogP contribution in [0.5, 0.6) is 0 Å². The van der Waals surface area contributed by atoms with Crippen molar-refractivity contribution in [1.82, 2.24) is 0 Å². The predicted molar refractivity (Wildman–Crippen MR) is 300 cm³/mol. The third-order valence-corrected chi connectivity index (χ3v) is 25.9. The molecule has 5 aliphatic rings. The second-order valence-corrected chi connectivity index (χ2v) is 26.1. The van der Waals surface area contributed by atoms with E-state index in [1.54, 1.807) is 248 Å². The SMILES string of the molecule is CCOC(=O)C1=CC23c4c5c6c7c8c9c(c%10c%11c2c2c4c4c%12c5c5c6c6c8c8c%13c9c9c%10c%10c%11c%11c2c2c4c4c%12c%12c5c5c6c8c6c8c%13c9c9c%10c%10c%11c2c2c4c4c%12c5c6c5c8c9c%10c2c45)C73C1c1ccco1. The van der Waals surface area contributed by atoms with Gasteiger partial charge in [-0.25, -0.2) is 4.79 Å². The van der Waals surface area contributed by atoms with Crippen LogP contribution in [-0.2, 0) is 20.4 Å². The summed E-state index contributed by atoms with van der Waals surface area (Å²) in [5.74, 6) is 0.325. The number of furan rings is 1. The summed E-state index contributed by atoms with van der Waals surface area (Å²) in [5.41, 5.74) is 5.53. The number of rotatable bonds is 3. The van der Waals surface area contributed by atoms with E-state index >= 15 is 4.79 Å². The summed E-state index contributed by atoms with van der Waals surface area (Å²) < 4.78 is 13.4. The quantitative estimate of drug-likeness (QED) is 0.131. The van der Waals surface area contributed by atoms with Crippen molar-refractivity contribution in [2.75, 3.05) is 6.61 Å². The molecule has 2 spiro atoms. The Morgan fingerprint density at radius 3 is 0.822 bits per heavy atom. The molecule has 73 heavy (non-hydrogen) atoms. The van der Waals surface area contributed by atoms with Crippen LogP contribution in [0.25, 0.3) is 291 Å². The first-order chi connectivity index (χ1) is 36.3. The van der Waals surface area contributed by atoms with Gasteiger partial charge in [0.2, 0.25) is 0 Å². The summed E-state index contributed by atoms with van der Waals surface area (Å²) in [6.07, 6.45) is 4.49. The molecule has 1 aromatic heterocycles. The highest BCUT2D eigenvalue weighted by molar-refractivity contribution is 6.82. The molecule has 0 aliphatic heterocycles. The lowest BCUT2D eigenvalue weighted by Gasteiger charge is -2.52. The first-order valence-corrected chi connectivity index (χ1v) is 27.0. The Hall–Kier alpha value is -9.05. The number of carbonyl (C=O) groups excluding carboxylic acids is 1. The van der Waals surface area contributed by atoms with Gasteiger partial charge in [0.1, 0.15) is 5.76 Å². The summed E-state index contributed by atoms with van der Waals surface area (Å²) in [6, 6.07) is 4.32. The molecule has 0 N–H and O–H groups in total. The van der Waals surface area contributed by atoms with Gasteiger partial charge in [0, 0.05) is 5.57 Å². The van der Waals surface area contributed by atoms with Gasteiger partial charge < -0.3 is 9.15 Å². The highest BCUT2D eigenvalue weighted by Gasteiger charge is 2.75. The van der Waals surface area contributed by atoms with Gasteiger partial charge in [0.15, 0.2) is 0 Å². The third-order valence-electron chi connectivity index (χ3n) is 25.9. The molecule has 1 unspecified atom stereocenters. The number of hydrogen-bond donors (Lipinski definition) is 0. The summed E-state index contributed by atoms with van der Waals surface area (Å²) in [4.78, 5) is 15.7. The molecule has 308 valence electrons. The maximum absolute atomic E-state index is 15.7. The number of ether oxygens (including phenoxy) is 1. The van der Waals surface area contributed by atoms with E-state index in [1.807, 2.05) is 13.2 Å². The third kappa shape index (κ3) is 1.48. The van der Waals surface area contributed by atoms with E-state index in [4.69, 9.17) is 9.15 Å². The van der Waals surface area contributed by atoms with E-state index in [0.717, 1.165) is 11.3 Å². The van der Waals surface area contributed by atoms with E-state index < -0.39 is 16.7 Å². The van der Waals surface area contributed by atoms with Crippen LogP contribution in [0.3, 0.4) is 0 Å². The first kappa shape index (κ1) is 27.5. The normalized spacial score (nSPS) is 23.0. The van der Waals surface area contributed by atoms with Gasteiger partial charge in [-0.15, -0.1) is 0 Å². The summed E-state index contributed by atoms with van der Waals surface area (Å²) in [5, 5.41) is 85.0. The van der Waals surface area contributed by atoms with Crippen LogP contribution in [0, 0.1) is 0 Å². The van der Waals surface area contributed by atoms with Gasteiger partial charge in [-0.1, -0.05) is 6.08 Å². The summed E-state index contributed by atoms with van der Waals surface area (Å²) >= 11 is 0. The zero-order chi connectivity index (χ0) is 43.7. The minimum atomic E-state index is -0.696. The van der Waals surface area contributed by atoms with Crippen molar-refractivity contribution < 1.29 is 13.9 Å². The van der Waals surface area contributed by atoms with Gasteiger partial charge in [0.05, 0.1) is 29.6 Å². The van der Waals surface area contributed by atoms with E-state index in [9.17, 15) is 0 Å². The minimum absolute atomic E-state index is 0.180. The highest BCUT2D eigenvalue weighted by Crippen LogP contribution is 2.87. The fraction of sp³-hybridized carbons (Fsp3) is 0.0714. The fourth-order valence-electron chi connectivity index (χ4n) is 25.9. The van der Waals surface area contributed by atoms with Crippen molar-refractivity contribution in [2.24, 2.45) is 0 Å². The van der Waals surface area contributed by atoms with Crippen molar-refractivity contribution in [1.29, 1.82) is 0 Å². The van der Waals surface area contributed by atoms with E-state index in [2.05, 4.69) is 18.2 Å². The molecular weight excluding hydrogens is 889 g/mol. The van der Waals surface area contributed by atoms with Crippen LogP contribution in [-0.4, -0.2) is 12.6 Å². The molecule has 3 heteroatoms. The van der Waals surface area contributed by atoms with Gasteiger partial charge in [0.25, 0.3) is 0 Å². The van der Waals surface area contributed by atoms with Crippen LogP contribution >= 0.6 is 0 Å². The lowest BCUT2D eigenvalue weighted by Crippen LogP contribution is -2.51. The van der Waals surface area contributed by atoms with Crippen molar-refractivity contribution in [3.8, 4) is 0 Å². The lowest BCUT2D eigenvalue weighted by molar-refractivity contribution is -0.138. The van der Waals surface area contributed by atoms with Crippen molar-refractivity contribution in [2.45, 2.75) is 23.7 Å². The average molecular weight is 899 g/mol. The second kappa shape index (κ2) is 6.29. The number of carbonyl (C=O) groups is 1. The molecule has 0 saturated heterocycles. The molecular formula is C70H10O3. The lowest BCUT2D eigenvalue weighted by atomic mass is 9.47. The largest absolute Gasteiger partial charge is 0.469 e. The number of benzene rings is 18. The summed E-state index contributed by atoms with van der Waals surface area (Å²) in [7, 11) is 0. The highest BCUT2D eigenvalue weighted by atomic mass is 16.5. The molecule has 0 amide bonds. The Kier molecular flexibility index (Phi) is 2.37. The molecule has 34 rings (SSSR count). The van der Waals surface area contributed by atoms with E-state index in [0.29, 0.717) is 6.61 Å². The van der Waals surface area contributed by atoms with Gasteiger partial charge in [-0.2, -0.15) is 0 Å². The molecule has 1 atom stereocenters. The Morgan fingerprint density at radius 2 is 0.603 bits per heavy atom. The number of esters is 1. The molecule has 29 aromatic rings. The van der Waals surface area contributed by atoms with Crippen molar-refractivity contribution >= 4 is 297 Å². The standard InChI is InChI=1S/C70H10O3/c1-2-72-68(71)7-6-69-64-55-47-37-27-19-11-9-10-13-17-15(11)23-31-25(17)35-29-21(13)22-14(10)18-16-12(9)20(19)28-34-24(16)32-26(18)36-30(22)40-39(29)51-45(35)53-43(31)49(41(47)33(23)27)57(64)59(53)66-61(51)62-52(40)46(36)54-44(32)50-42(34)48(38(28)37)56(55)65(69)58(50)60(54)67(62)70(66,69)63(7)8-4-3-5-73-8/h3-6,63H,2H2,1H3. The monoisotopic (exact) mass is 898 g/mol. The van der Waals surface area contributed by atoms with Crippen LogP contribution in [0.2, 0.25) is 0 Å². The number of allylic oxidation sites excluding steroid dienone is 1. The van der Waals surface area contributed by atoms with E-state index in [-0.39, 0.29) is 5.97 Å². The molecule has 0 radical (unpaired) electrons. The predicted octanol–water partition coefficient (Wildman–Crippen LogP) is 18.2. The Balaban J connectivity index is 1.16. The Bertz CT molecular complexity index is 7370. The average Bonchev–Trinajstić information content (AvgIpc) is 4.19. The van der Waals surface area contributed by atoms with Crippen molar-refractivity contribution in [3.05, 3.63) is 58.1 Å². The zero-order valence-electron chi connectivity index (χ0n) is 37.3. The van der Waals surface area contributed by atoms with Crippen LogP contribution in [0.15, 0.2) is 34.5 Å². The van der Waals surface area contributed by atoms with Gasteiger partial charge >= 0.3 is 5.97 Å². The molecule has 0 fully saturated rings. The van der Waals surface area contributed by atoms with E-state index in [1.165, 1.54) is 65.3 Å². The minimum Gasteiger partial charge on any atom is -0.469 e. The topological polar surface area (TPSA) is 39.4 Å². The first-order valence-electron chi connectivity index (χ1n) is 27.0. The van der Waals surface area contributed by atoms with Crippen LogP contribution < -0.4 is 0 Å². The zero-order valence-corrected chi connectivity index (χ0v) is 37.3. The van der Waals surface area contributed by atoms with Crippen molar-refractivity contribution in [3.63, 3.8) is 0 Å². The van der Waals surface area contributed by atoms with Gasteiger partial charge in [-0.3, -0.25) is 0 Å². The summed E-state index contributed by atoms with van der Waals surface area (Å²) in [6.45, 7) is 2.32.